The van der Waals surface area contributed by atoms with Crippen molar-refractivity contribution in [2.75, 3.05) is 5.73 Å². The smallest absolute Gasteiger partial charge is 0.270 e. The normalized spacial score (nSPS) is 10.5. The SMILES string of the molecule is CC(C)n1nc(-c2cccc([N+](=O)[O-])c2)c(C#N)c1N. The molecule has 0 spiro atoms. The molecule has 0 aliphatic heterocycles. The lowest BCUT2D eigenvalue weighted by Crippen LogP contribution is -2.07. The number of aromatic nitrogens is 2. The Morgan fingerprint density at radius 3 is 2.75 bits per heavy atom. The molecule has 0 bridgehead atoms. The Balaban J connectivity index is 2.64. The Bertz CT molecular complexity index is 712. The van der Waals surface area contributed by atoms with E-state index in [4.69, 9.17) is 5.73 Å². The van der Waals surface area contributed by atoms with Crippen molar-refractivity contribution >= 4 is 11.5 Å². The molecule has 0 saturated heterocycles. The molecule has 0 saturated carbocycles. The van der Waals surface area contributed by atoms with Gasteiger partial charge in [0.1, 0.15) is 23.1 Å². The number of hydrogen-bond donors (Lipinski definition) is 1. The van der Waals surface area contributed by atoms with E-state index in [0.29, 0.717) is 11.3 Å². The summed E-state index contributed by atoms with van der Waals surface area (Å²) in [5.41, 5.74) is 6.94. The number of nitro benzene ring substituents is 1. The van der Waals surface area contributed by atoms with E-state index < -0.39 is 4.92 Å². The van der Waals surface area contributed by atoms with E-state index >= 15 is 0 Å². The van der Waals surface area contributed by atoms with Gasteiger partial charge < -0.3 is 5.73 Å². The minimum absolute atomic E-state index is 0.00505. The second kappa shape index (κ2) is 5.01. The third-order valence-electron chi connectivity index (χ3n) is 2.88. The highest BCUT2D eigenvalue weighted by molar-refractivity contribution is 5.73. The van der Waals surface area contributed by atoms with Crippen molar-refractivity contribution in [1.29, 1.82) is 5.26 Å². The van der Waals surface area contributed by atoms with E-state index in [-0.39, 0.29) is 23.1 Å². The lowest BCUT2D eigenvalue weighted by molar-refractivity contribution is -0.384. The van der Waals surface area contributed by atoms with Gasteiger partial charge in [-0.15, -0.1) is 0 Å². The average Bonchev–Trinajstić information content (AvgIpc) is 2.76. The van der Waals surface area contributed by atoms with E-state index in [0.717, 1.165) is 0 Å². The second-order valence-corrected chi connectivity index (χ2v) is 4.57. The zero-order chi connectivity index (χ0) is 14.9. The number of nitrogens with two attached hydrogens (primary N) is 1. The van der Waals surface area contributed by atoms with Crippen molar-refractivity contribution < 1.29 is 4.92 Å². The van der Waals surface area contributed by atoms with Gasteiger partial charge in [0.2, 0.25) is 0 Å². The maximum Gasteiger partial charge on any atom is 0.270 e. The summed E-state index contributed by atoms with van der Waals surface area (Å²) in [5.74, 6) is 0.268. The van der Waals surface area contributed by atoms with Gasteiger partial charge in [0, 0.05) is 23.7 Å². The highest BCUT2D eigenvalue weighted by Crippen LogP contribution is 2.30. The van der Waals surface area contributed by atoms with E-state index in [1.54, 1.807) is 12.1 Å². The Morgan fingerprint density at radius 2 is 2.20 bits per heavy atom. The molecule has 102 valence electrons. The van der Waals surface area contributed by atoms with E-state index in [9.17, 15) is 15.4 Å². The number of nitrogens with zero attached hydrogens (tertiary/aromatic N) is 4. The van der Waals surface area contributed by atoms with Crippen LogP contribution in [-0.2, 0) is 0 Å². The number of non-ortho nitro benzene ring substituents is 1. The Kier molecular flexibility index (Phi) is 3.39. The van der Waals surface area contributed by atoms with Gasteiger partial charge in [-0.05, 0) is 13.8 Å². The van der Waals surface area contributed by atoms with Crippen molar-refractivity contribution in [3.8, 4) is 17.3 Å². The zero-order valence-electron chi connectivity index (χ0n) is 11.1. The van der Waals surface area contributed by atoms with E-state index in [1.807, 2.05) is 19.9 Å². The Labute approximate surface area is 115 Å². The van der Waals surface area contributed by atoms with Crippen LogP contribution in [0.15, 0.2) is 24.3 Å². The molecule has 7 nitrogen and oxygen atoms in total. The van der Waals surface area contributed by atoms with Crippen molar-refractivity contribution in [3.05, 3.63) is 39.9 Å². The Morgan fingerprint density at radius 1 is 1.50 bits per heavy atom. The van der Waals surface area contributed by atoms with Crippen LogP contribution in [0.4, 0.5) is 11.5 Å². The minimum Gasteiger partial charge on any atom is -0.383 e. The van der Waals surface area contributed by atoms with Crippen molar-refractivity contribution in [2.45, 2.75) is 19.9 Å². The summed E-state index contributed by atoms with van der Waals surface area (Å²) >= 11 is 0. The average molecular weight is 271 g/mol. The summed E-state index contributed by atoms with van der Waals surface area (Å²) < 4.78 is 1.53. The number of nitriles is 1. The van der Waals surface area contributed by atoms with E-state index in [1.165, 1.54) is 16.8 Å². The molecular weight excluding hydrogens is 258 g/mol. The lowest BCUT2D eigenvalue weighted by Gasteiger charge is -2.06. The first kappa shape index (κ1) is 13.5. The van der Waals surface area contributed by atoms with Gasteiger partial charge in [-0.1, -0.05) is 12.1 Å². The van der Waals surface area contributed by atoms with Crippen molar-refractivity contribution in [1.82, 2.24) is 9.78 Å². The van der Waals surface area contributed by atoms with Crippen LogP contribution in [0.25, 0.3) is 11.3 Å². The first-order chi connectivity index (χ1) is 9.45. The van der Waals surface area contributed by atoms with Gasteiger partial charge in [0.05, 0.1) is 4.92 Å². The fourth-order valence-corrected chi connectivity index (χ4v) is 1.92. The molecule has 0 amide bonds. The molecule has 2 aromatic rings. The molecule has 1 aromatic carbocycles. The Hall–Kier alpha value is -2.88. The molecule has 1 aromatic heterocycles. The topological polar surface area (TPSA) is 111 Å². The van der Waals surface area contributed by atoms with Crippen LogP contribution in [0.5, 0.6) is 0 Å². The fraction of sp³-hybridized carbons (Fsp3) is 0.231. The molecule has 2 rings (SSSR count). The van der Waals surface area contributed by atoms with Crippen LogP contribution >= 0.6 is 0 Å². The predicted molar refractivity (Wildman–Crippen MR) is 73.8 cm³/mol. The van der Waals surface area contributed by atoms with Crippen LogP contribution in [0.3, 0.4) is 0 Å². The van der Waals surface area contributed by atoms with E-state index in [2.05, 4.69) is 5.10 Å². The molecule has 2 N–H and O–H groups in total. The summed E-state index contributed by atoms with van der Waals surface area (Å²) in [6.45, 7) is 3.78. The quantitative estimate of drug-likeness (QED) is 0.681. The van der Waals surface area contributed by atoms with Gasteiger partial charge in [0.15, 0.2) is 0 Å². The van der Waals surface area contributed by atoms with Crippen LogP contribution in [-0.4, -0.2) is 14.7 Å². The standard InChI is InChI=1S/C13H13N5O2/c1-8(2)17-13(15)11(7-14)12(16-17)9-4-3-5-10(6-9)18(19)20/h3-6,8H,15H2,1-2H3. The number of nitro groups is 1. The van der Waals surface area contributed by atoms with Gasteiger partial charge in [-0.3, -0.25) is 10.1 Å². The van der Waals surface area contributed by atoms with Gasteiger partial charge >= 0.3 is 0 Å². The molecule has 0 aliphatic rings. The maximum absolute atomic E-state index is 10.8. The minimum atomic E-state index is -0.488. The summed E-state index contributed by atoms with van der Waals surface area (Å²) in [7, 11) is 0. The number of benzene rings is 1. The van der Waals surface area contributed by atoms with Gasteiger partial charge in [-0.25, -0.2) is 4.68 Å². The maximum atomic E-state index is 10.8. The summed E-state index contributed by atoms with van der Waals surface area (Å²) in [6, 6.07) is 7.99. The zero-order valence-corrected chi connectivity index (χ0v) is 11.1. The van der Waals surface area contributed by atoms with Gasteiger partial charge in [-0.2, -0.15) is 10.4 Å². The first-order valence-corrected chi connectivity index (χ1v) is 5.98. The van der Waals surface area contributed by atoms with Crippen molar-refractivity contribution in [3.63, 3.8) is 0 Å². The summed E-state index contributed by atoms with van der Waals surface area (Å²) in [5, 5.41) is 24.3. The van der Waals surface area contributed by atoms with Crippen LogP contribution in [0.1, 0.15) is 25.5 Å². The highest BCUT2D eigenvalue weighted by Gasteiger charge is 2.19. The molecule has 0 unspecified atom stereocenters. The molecule has 0 aliphatic carbocycles. The molecule has 0 atom stereocenters. The molecule has 0 radical (unpaired) electrons. The fourth-order valence-electron chi connectivity index (χ4n) is 1.92. The second-order valence-electron chi connectivity index (χ2n) is 4.57. The van der Waals surface area contributed by atoms with Crippen LogP contribution < -0.4 is 5.73 Å². The monoisotopic (exact) mass is 271 g/mol. The molecular formula is C13H13N5O2. The third kappa shape index (κ3) is 2.19. The van der Waals surface area contributed by atoms with Crippen molar-refractivity contribution in [2.24, 2.45) is 0 Å². The third-order valence-corrected chi connectivity index (χ3v) is 2.88. The summed E-state index contributed by atoms with van der Waals surface area (Å²) in [4.78, 5) is 10.3. The molecule has 20 heavy (non-hydrogen) atoms. The summed E-state index contributed by atoms with van der Waals surface area (Å²) in [6.07, 6.45) is 0. The largest absolute Gasteiger partial charge is 0.383 e. The molecule has 1 heterocycles. The molecule has 7 heteroatoms. The number of rotatable bonds is 3. The number of anilines is 1. The predicted octanol–water partition coefficient (Wildman–Crippen LogP) is 2.49. The molecule has 0 fully saturated rings. The van der Waals surface area contributed by atoms with Crippen LogP contribution in [0.2, 0.25) is 0 Å². The first-order valence-electron chi connectivity index (χ1n) is 5.98. The lowest BCUT2D eigenvalue weighted by atomic mass is 10.1. The van der Waals surface area contributed by atoms with Gasteiger partial charge in [0.25, 0.3) is 5.69 Å². The number of nitrogen functional groups attached to an aromatic ring is 1. The highest BCUT2D eigenvalue weighted by atomic mass is 16.6. The number of hydrogen-bond acceptors (Lipinski definition) is 5. The van der Waals surface area contributed by atoms with Crippen LogP contribution in [0, 0.1) is 21.4 Å².